The minimum absolute atomic E-state index is 0.471. The number of hydrogen-bond acceptors (Lipinski definition) is 2. The smallest absolute Gasteiger partial charge is 0.113 e. The lowest BCUT2D eigenvalue weighted by Gasteiger charge is -2.13. The van der Waals surface area contributed by atoms with Gasteiger partial charge in [0.15, 0.2) is 0 Å². The average molecular weight is 218 g/mol. The molecule has 0 saturated heterocycles. The molecule has 0 unspecified atom stereocenters. The molecule has 1 aromatic carbocycles. The third kappa shape index (κ3) is 2.11. The molecule has 1 nitrogen and oxygen atoms in total. The number of aryl methyl sites for hydroxylation is 1. The zero-order chi connectivity index (χ0) is 10.7. The van der Waals surface area contributed by atoms with E-state index in [1.54, 1.807) is 11.3 Å². The molecule has 2 aromatic rings. The summed E-state index contributed by atoms with van der Waals surface area (Å²) in [5.74, 6) is 0. The number of aliphatic hydroxyl groups excluding tert-OH is 1. The Morgan fingerprint density at radius 1 is 1.20 bits per heavy atom. The Labute approximate surface area is 94.0 Å². The van der Waals surface area contributed by atoms with Crippen LogP contribution in [0.25, 0.3) is 0 Å². The molecule has 2 heteroatoms. The van der Waals surface area contributed by atoms with Crippen molar-refractivity contribution in [3.63, 3.8) is 0 Å². The van der Waals surface area contributed by atoms with Crippen LogP contribution in [0, 0.1) is 0 Å². The van der Waals surface area contributed by atoms with Crippen LogP contribution in [0.1, 0.15) is 29.0 Å². The highest BCUT2D eigenvalue weighted by Crippen LogP contribution is 2.28. The molecule has 0 aliphatic carbocycles. The highest BCUT2D eigenvalue weighted by molar-refractivity contribution is 7.10. The van der Waals surface area contributed by atoms with Crippen LogP contribution in [0.15, 0.2) is 41.8 Å². The Hall–Kier alpha value is -1.12. The zero-order valence-electron chi connectivity index (χ0n) is 8.68. The van der Waals surface area contributed by atoms with Crippen LogP contribution in [0.2, 0.25) is 0 Å². The second-order valence-corrected chi connectivity index (χ2v) is 4.45. The topological polar surface area (TPSA) is 20.2 Å². The quantitative estimate of drug-likeness (QED) is 0.837. The highest BCUT2D eigenvalue weighted by Gasteiger charge is 2.13. The van der Waals surface area contributed by atoms with Crippen molar-refractivity contribution in [1.82, 2.24) is 0 Å². The van der Waals surface area contributed by atoms with Crippen LogP contribution >= 0.6 is 11.3 Å². The summed E-state index contributed by atoms with van der Waals surface area (Å²) in [6, 6.07) is 12.0. The van der Waals surface area contributed by atoms with Gasteiger partial charge in [-0.05, 0) is 29.0 Å². The number of thiophene rings is 1. The lowest BCUT2D eigenvalue weighted by Crippen LogP contribution is -2.01. The molecule has 0 aliphatic heterocycles. The molecule has 1 heterocycles. The van der Waals surface area contributed by atoms with Gasteiger partial charge in [-0.2, -0.15) is 0 Å². The predicted molar refractivity (Wildman–Crippen MR) is 64.2 cm³/mol. The maximum absolute atomic E-state index is 10.2. The summed E-state index contributed by atoms with van der Waals surface area (Å²) < 4.78 is 0. The van der Waals surface area contributed by atoms with Crippen molar-refractivity contribution in [2.24, 2.45) is 0 Å². The second kappa shape index (κ2) is 4.60. The predicted octanol–water partition coefficient (Wildman–Crippen LogP) is 3.39. The number of rotatable bonds is 3. The molecular weight excluding hydrogens is 204 g/mol. The van der Waals surface area contributed by atoms with Crippen LogP contribution < -0.4 is 0 Å². The third-order valence-electron chi connectivity index (χ3n) is 2.54. The van der Waals surface area contributed by atoms with Crippen molar-refractivity contribution in [3.05, 3.63) is 57.8 Å². The van der Waals surface area contributed by atoms with E-state index in [1.165, 1.54) is 5.56 Å². The van der Waals surface area contributed by atoms with Crippen molar-refractivity contribution >= 4 is 11.3 Å². The van der Waals surface area contributed by atoms with Crippen LogP contribution in [0.3, 0.4) is 0 Å². The van der Waals surface area contributed by atoms with Crippen molar-refractivity contribution in [3.8, 4) is 0 Å². The third-order valence-corrected chi connectivity index (χ3v) is 3.47. The first kappa shape index (κ1) is 10.4. The normalized spacial score (nSPS) is 12.7. The molecule has 1 aromatic heterocycles. The van der Waals surface area contributed by atoms with E-state index < -0.39 is 6.10 Å². The average Bonchev–Trinajstić information content (AvgIpc) is 2.81. The van der Waals surface area contributed by atoms with Gasteiger partial charge in [0, 0.05) is 4.88 Å². The fraction of sp³-hybridized carbons (Fsp3) is 0.231. The summed E-state index contributed by atoms with van der Waals surface area (Å²) in [5.41, 5.74) is 2.25. The van der Waals surface area contributed by atoms with E-state index >= 15 is 0 Å². The van der Waals surface area contributed by atoms with E-state index in [9.17, 15) is 5.11 Å². The van der Waals surface area contributed by atoms with Gasteiger partial charge < -0.3 is 5.11 Å². The minimum atomic E-state index is -0.471. The zero-order valence-corrected chi connectivity index (χ0v) is 9.50. The van der Waals surface area contributed by atoms with Gasteiger partial charge in [0.05, 0.1) is 0 Å². The van der Waals surface area contributed by atoms with Crippen LogP contribution in [-0.4, -0.2) is 5.11 Å². The molecule has 0 saturated carbocycles. The van der Waals surface area contributed by atoms with Crippen molar-refractivity contribution in [1.29, 1.82) is 0 Å². The van der Waals surface area contributed by atoms with Gasteiger partial charge in [0.1, 0.15) is 6.10 Å². The molecule has 15 heavy (non-hydrogen) atoms. The van der Waals surface area contributed by atoms with Gasteiger partial charge in [-0.15, -0.1) is 11.3 Å². The van der Waals surface area contributed by atoms with Crippen LogP contribution in [-0.2, 0) is 6.42 Å². The highest BCUT2D eigenvalue weighted by atomic mass is 32.1. The Morgan fingerprint density at radius 3 is 2.67 bits per heavy atom. The first-order chi connectivity index (χ1) is 7.33. The van der Waals surface area contributed by atoms with E-state index in [4.69, 9.17) is 0 Å². The van der Waals surface area contributed by atoms with E-state index in [0.717, 1.165) is 16.9 Å². The van der Waals surface area contributed by atoms with E-state index in [1.807, 2.05) is 35.7 Å². The van der Waals surface area contributed by atoms with Crippen LogP contribution in [0.5, 0.6) is 0 Å². The largest absolute Gasteiger partial charge is 0.383 e. The van der Waals surface area contributed by atoms with Gasteiger partial charge >= 0.3 is 0 Å². The van der Waals surface area contributed by atoms with E-state index in [-0.39, 0.29) is 0 Å². The lowest BCUT2D eigenvalue weighted by molar-refractivity contribution is 0.223. The molecular formula is C13H14OS. The molecule has 0 amide bonds. The van der Waals surface area contributed by atoms with Gasteiger partial charge in [0.2, 0.25) is 0 Å². The molecule has 0 radical (unpaired) electrons. The summed E-state index contributed by atoms with van der Waals surface area (Å²) in [6.07, 6.45) is 0.486. The lowest BCUT2D eigenvalue weighted by atomic mass is 10.00. The SMILES string of the molecule is CCc1ccccc1[C@@H](O)c1cccs1. The first-order valence-corrected chi connectivity index (χ1v) is 6.00. The molecule has 0 spiro atoms. The van der Waals surface area contributed by atoms with E-state index in [2.05, 4.69) is 13.0 Å². The van der Waals surface area contributed by atoms with Crippen molar-refractivity contribution in [2.45, 2.75) is 19.4 Å². The van der Waals surface area contributed by atoms with Gasteiger partial charge in [0.25, 0.3) is 0 Å². The van der Waals surface area contributed by atoms with E-state index in [0.29, 0.717) is 0 Å². The Morgan fingerprint density at radius 2 is 2.00 bits per heavy atom. The fourth-order valence-electron chi connectivity index (χ4n) is 1.72. The number of benzene rings is 1. The van der Waals surface area contributed by atoms with Gasteiger partial charge in [-0.1, -0.05) is 37.3 Å². The molecule has 1 atom stereocenters. The molecule has 2 rings (SSSR count). The second-order valence-electron chi connectivity index (χ2n) is 3.47. The van der Waals surface area contributed by atoms with Crippen LogP contribution in [0.4, 0.5) is 0 Å². The van der Waals surface area contributed by atoms with Crippen molar-refractivity contribution in [2.75, 3.05) is 0 Å². The Bertz CT molecular complexity index is 420. The maximum atomic E-state index is 10.2. The molecule has 0 fully saturated rings. The minimum Gasteiger partial charge on any atom is -0.383 e. The summed E-state index contributed by atoms with van der Waals surface area (Å²) in [4.78, 5) is 1.01. The standard InChI is InChI=1S/C13H14OS/c1-2-10-6-3-4-7-11(10)13(14)12-8-5-9-15-12/h3-9,13-14H,2H2,1H3/t13-/m1/s1. The fourth-order valence-corrected chi connectivity index (χ4v) is 2.45. The monoisotopic (exact) mass is 218 g/mol. The number of hydrogen-bond donors (Lipinski definition) is 1. The molecule has 0 bridgehead atoms. The molecule has 1 N–H and O–H groups in total. The summed E-state index contributed by atoms with van der Waals surface area (Å²) in [5, 5.41) is 12.2. The van der Waals surface area contributed by atoms with Crippen molar-refractivity contribution < 1.29 is 5.11 Å². The first-order valence-electron chi connectivity index (χ1n) is 5.12. The summed E-state index contributed by atoms with van der Waals surface area (Å²) in [6.45, 7) is 2.11. The van der Waals surface area contributed by atoms with Gasteiger partial charge in [-0.3, -0.25) is 0 Å². The summed E-state index contributed by atoms with van der Waals surface area (Å²) >= 11 is 1.60. The van der Waals surface area contributed by atoms with Gasteiger partial charge in [-0.25, -0.2) is 0 Å². The molecule has 78 valence electrons. The number of aliphatic hydroxyl groups is 1. The Balaban J connectivity index is 2.37. The molecule has 0 aliphatic rings. The maximum Gasteiger partial charge on any atom is 0.113 e. The summed E-state index contributed by atoms with van der Waals surface area (Å²) in [7, 11) is 0. The Kier molecular flexibility index (Phi) is 3.19.